The third-order valence-electron chi connectivity index (χ3n) is 6.49. The van der Waals surface area contributed by atoms with E-state index in [9.17, 15) is 10.3 Å². The largest absolute Gasteiger partial charge is 0.375 e. The lowest BCUT2D eigenvalue weighted by Crippen LogP contribution is -2.64. The van der Waals surface area contributed by atoms with Crippen molar-refractivity contribution in [3.05, 3.63) is 35.9 Å². The summed E-state index contributed by atoms with van der Waals surface area (Å²) in [5, 5.41) is 25.8. The van der Waals surface area contributed by atoms with Crippen LogP contribution in [0.4, 0.5) is 0 Å². The number of fused-ring (bicyclic) bond motifs is 3. The zero-order valence-electron chi connectivity index (χ0n) is 15.2. The molecule has 2 heterocycles. The van der Waals surface area contributed by atoms with Crippen molar-refractivity contribution in [3.63, 3.8) is 0 Å². The average Bonchev–Trinajstić information content (AvgIpc) is 3.08. The first kappa shape index (κ1) is 17.4. The molecule has 6 nitrogen and oxygen atoms in total. The number of hydrogen-bond donors (Lipinski definition) is 2. The topological polar surface area (TPSA) is 65.4 Å². The van der Waals surface area contributed by atoms with Crippen LogP contribution < -0.4 is 0 Å². The third-order valence-corrected chi connectivity index (χ3v) is 6.49. The molecule has 2 aliphatic heterocycles. The molecule has 1 aromatic rings. The van der Waals surface area contributed by atoms with Gasteiger partial charge in [0.2, 0.25) is 5.79 Å². The molecular weight excluding hydrogens is 320 g/mol. The van der Waals surface area contributed by atoms with Gasteiger partial charge in [0, 0.05) is 19.1 Å². The minimum atomic E-state index is -1.49. The fourth-order valence-corrected chi connectivity index (χ4v) is 4.90. The smallest absolute Gasteiger partial charge is 0.214 e. The second kappa shape index (κ2) is 5.74. The van der Waals surface area contributed by atoms with E-state index in [1.165, 1.54) is 5.06 Å². The Hall–Kier alpha value is -1.02. The molecule has 1 aliphatic carbocycles. The van der Waals surface area contributed by atoms with Crippen LogP contribution in [-0.4, -0.2) is 50.9 Å². The third kappa shape index (κ3) is 2.25. The van der Waals surface area contributed by atoms with Gasteiger partial charge in [0.15, 0.2) is 5.66 Å². The highest BCUT2D eigenvalue weighted by molar-refractivity contribution is 5.25. The highest BCUT2D eigenvalue weighted by Crippen LogP contribution is 2.57. The van der Waals surface area contributed by atoms with Crippen LogP contribution in [0.25, 0.3) is 0 Å². The maximum absolute atomic E-state index is 11.3. The van der Waals surface area contributed by atoms with Crippen molar-refractivity contribution in [1.29, 1.82) is 0 Å². The molecule has 0 spiro atoms. The maximum atomic E-state index is 11.3. The Labute approximate surface area is 148 Å². The molecule has 1 aromatic carbocycles. The zero-order valence-corrected chi connectivity index (χ0v) is 15.2. The van der Waals surface area contributed by atoms with E-state index in [0.717, 1.165) is 25.7 Å². The van der Waals surface area contributed by atoms with Crippen LogP contribution in [0.1, 0.15) is 51.5 Å². The predicted octanol–water partition coefficient (Wildman–Crippen LogP) is 2.61. The number of ether oxygens (including phenoxy) is 1. The van der Waals surface area contributed by atoms with E-state index in [-0.39, 0.29) is 18.5 Å². The van der Waals surface area contributed by atoms with Crippen molar-refractivity contribution in [1.82, 2.24) is 10.1 Å². The molecule has 1 saturated carbocycles. The van der Waals surface area contributed by atoms with Crippen LogP contribution in [0.15, 0.2) is 30.3 Å². The number of benzene rings is 1. The molecule has 0 aromatic heterocycles. The fraction of sp³-hybridized carbons (Fsp3) is 0.684. The highest BCUT2D eigenvalue weighted by atomic mass is 16.8. The van der Waals surface area contributed by atoms with Gasteiger partial charge in [-0.2, -0.15) is 10.1 Å². The van der Waals surface area contributed by atoms with Gasteiger partial charge < -0.3 is 15.1 Å². The van der Waals surface area contributed by atoms with Gasteiger partial charge in [-0.05, 0) is 26.7 Å². The molecule has 2 saturated heterocycles. The summed E-state index contributed by atoms with van der Waals surface area (Å²) in [5.41, 5.74) is -0.985. The summed E-state index contributed by atoms with van der Waals surface area (Å²) in [5.74, 6) is -1.49. The van der Waals surface area contributed by atoms with Crippen molar-refractivity contribution in [3.8, 4) is 0 Å². The molecular formula is C19H28N2O4. The summed E-state index contributed by atoms with van der Waals surface area (Å²) < 4.78 is 5.80. The number of nitrogens with zero attached hydrogens (tertiary/aromatic N) is 2. The van der Waals surface area contributed by atoms with Gasteiger partial charge in [-0.15, -0.1) is 0 Å². The Morgan fingerprint density at radius 1 is 1.16 bits per heavy atom. The molecule has 4 rings (SSSR count). The number of hydroxylamine groups is 4. The second-order valence-electron chi connectivity index (χ2n) is 8.04. The SMILES string of the molecule is COC(C)(C)[C@]12C[C@@](O)(c3ccccc3)ON1[C@H]1CCCC[C@@H]1N2O. The highest BCUT2D eigenvalue weighted by Gasteiger charge is 2.73. The molecule has 0 amide bonds. The van der Waals surface area contributed by atoms with Crippen molar-refractivity contribution in [2.45, 2.75) is 75.1 Å². The molecule has 138 valence electrons. The van der Waals surface area contributed by atoms with Crippen molar-refractivity contribution < 1.29 is 19.9 Å². The normalized spacial score (nSPS) is 39.4. The standard InChI is InChI=1S/C19H28N2O4/c1-17(2,24-3)19-13-18(22,14-9-5-4-6-10-14)25-21(19)16-12-8-7-11-15(16)20(19)23/h4-6,9-10,15-16,22-23H,7-8,11-13H2,1-3H3/t15-,16-,18-,19-/m0/s1. The molecule has 3 aliphatic rings. The van der Waals surface area contributed by atoms with E-state index in [0.29, 0.717) is 5.56 Å². The Bertz CT molecular complexity index is 640. The Balaban J connectivity index is 1.81. The lowest BCUT2D eigenvalue weighted by atomic mass is 9.83. The van der Waals surface area contributed by atoms with Crippen LogP contribution in [-0.2, 0) is 15.4 Å². The minimum absolute atomic E-state index is 0.00324. The van der Waals surface area contributed by atoms with E-state index in [4.69, 9.17) is 9.57 Å². The van der Waals surface area contributed by atoms with Crippen LogP contribution in [0, 0.1) is 0 Å². The van der Waals surface area contributed by atoms with Crippen molar-refractivity contribution >= 4 is 0 Å². The lowest BCUT2D eigenvalue weighted by molar-refractivity contribution is -0.334. The van der Waals surface area contributed by atoms with Crippen molar-refractivity contribution in [2.75, 3.05) is 7.11 Å². The summed E-state index contributed by atoms with van der Waals surface area (Å²) >= 11 is 0. The van der Waals surface area contributed by atoms with E-state index < -0.39 is 17.1 Å². The van der Waals surface area contributed by atoms with Crippen LogP contribution in [0.2, 0.25) is 0 Å². The van der Waals surface area contributed by atoms with E-state index >= 15 is 0 Å². The Morgan fingerprint density at radius 2 is 1.80 bits per heavy atom. The summed E-state index contributed by atoms with van der Waals surface area (Å²) in [6.07, 6.45) is 4.27. The lowest BCUT2D eigenvalue weighted by Gasteiger charge is -2.46. The van der Waals surface area contributed by atoms with E-state index in [1.807, 2.05) is 49.2 Å². The zero-order chi connectivity index (χ0) is 17.9. The number of methoxy groups -OCH3 is 1. The first-order valence-corrected chi connectivity index (χ1v) is 9.15. The molecule has 6 heteroatoms. The molecule has 3 fully saturated rings. The molecule has 0 radical (unpaired) electrons. The number of aliphatic hydroxyl groups is 1. The summed E-state index contributed by atoms with van der Waals surface area (Å²) in [4.78, 5) is 6.20. The summed E-state index contributed by atoms with van der Waals surface area (Å²) in [6.45, 7) is 3.89. The number of hydrogen-bond acceptors (Lipinski definition) is 6. The molecule has 0 unspecified atom stereocenters. The second-order valence-corrected chi connectivity index (χ2v) is 8.04. The van der Waals surface area contributed by atoms with Crippen LogP contribution in [0.3, 0.4) is 0 Å². The average molecular weight is 348 g/mol. The molecule has 0 bridgehead atoms. The quantitative estimate of drug-likeness (QED) is 0.875. The Morgan fingerprint density at radius 3 is 2.44 bits per heavy atom. The van der Waals surface area contributed by atoms with Gasteiger partial charge in [0.05, 0.1) is 17.7 Å². The minimum Gasteiger partial charge on any atom is -0.375 e. The van der Waals surface area contributed by atoms with E-state index in [1.54, 1.807) is 7.11 Å². The first-order valence-electron chi connectivity index (χ1n) is 9.15. The first-order chi connectivity index (χ1) is 11.9. The monoisotopic (exact) mass is 348 g/mol. The summed E-state index contributed by atoms with van der Waals surface area (Å²) in [7, 11) is 1.64. The van der Waals surface area contributed by atoms with Gasteiger partial charge in [-0.3, -0.25) is 4.84 Å². The molecule has 2 N–H and O–H groups in total. The maximum Gasteiger partial charge on any atom is 0.214 e. The van der Waals surface area contributed by atoms with Crippen molar-refractivity contribution in [2.24, 2.45) is 0 Å². The Kier molecular flexibility index (Phi) is 3.99. The van der Waals surface area contributed by atoms with Gasteiger partial charge in [-0.25, -0.2) is 0 Å². The summed E-state index contributed by atoms with van der Waals surface area (Å²) in [6, 6.07) is 9.44. The number of rotatable bonds is 3. The molecule has 4 atom stereocenters. The van der Waals surface area contributed by atoms with Gasteiger partial charge >= 0.3 is 0 Å². The fourth-order valence-electron chi connectivity index (χ4n) is 4.90. The van der Waals surface area contributed by atoms with Gasteiger partial charge in [-0.1, -0.05) is 43.2 Å². The van der Waals surface area contributed by atoms with E-state index in [2.05, 4.69) is 0 Å². The van der Waals surface area contributed by atoms with Crippen LogP contribution in [0.5, 0.6) is 0 Å². The predicted molar refractivity (Wildman–Crippen MR) is 91.4 cm³/mol. The molecule has 25 heavy (non-hydrogen) atoms. The van der Waals surface area contributed by atoms with Gasteiger partial charge in [0.1, 0.15) is 0 Å². The van der Waals surface area contributed by atoms with Gasteiger partial charge in [0.25, 0.3) is 0 Å². The van der Waals surface area contributed by atoms with Crippen LogP contribution >= 0.6 is 0 Å².